The molecule has 0 aliphatic carbocycles. The molecular weight excluding hydrogens is 248 g/mol. The molecule has 19 heavy (non-hydrogen) atoms. The van der Waals surface area contributed by atoms with Crippen LogP contribution in [0.5, 0.6) is 5.75 Å². The maximum Gasteiger partial charge on any atom is 0.254 e. The van der Waals surface area contributed by atoms with E-state index in [9.17, 15) is 14.7 Å². The molecule has 0 aliphatic rings. The molecule has 1 aromatic rings. The molecule has 104 valence electrons. The maximum atomic E-state index is 11.8. The van der Waals surface area contributed by atoms with Crippen LogP contribution in [0.25, 0.3) is 0 Å². The van der Waals surface area contributed by atoms with E-state index in [0.29, 0.717) is 23.5 Å². The van der Waals surface area contributed by atoms with Crippen LogP contribution >= 0.6 is 0 Å². The van der Waals surface area contributed by atoms with Crippen molar-refractivity contribution in [1.82, 2.24) is 10.6 Å². The Balaban J connectivity index is 3.44. The number of aliphatic hydroxyl groups is 1. The van der Waals surface area contributed by atoms with Crippen LogP contribution in [-0.2, 0) is 6.61 Å². The number of aliphatic hydroxyl groups excluding tert-OH is 1. The van der Waals surface area contributed by atoms with E-state index < -0.39 is 0 Å². The number of hydrogen-bond donors (Lipinski definition) is 3. The van der Waals surface area contributed by atoms with Gasteiger partial charge in [-0.25, -0.2) is 0 Å². The summed E-state index contributed by atoms with van der Waals surface area (Å²) in [6.45, 7) is 1.82. The van der Waals surface area contributed by atoms with Gasteiger partial charge in [0.2, 0.25) is 0 Å². The van der Waals surface area contributed by atoms with Crippen LogP contribution in [-0.4, -0.2) is 37.6 Å². The first kappa shape index (κ1) is 15.0. The average molecular weight is 266 g/mol. The van der Waals surface area contributed by atoms with Gasteiger partial charge < -0.3 is 20.5 Å². The van der Waals surface area contributed by atoms with E-state index in [0.717, 1.165) is 0 Å². The van der Waals surface area contributed by atoms with Gasteiger partial charge in [0.1, 0.15) is 5.75 Å². The van der Waals surface area contributed by atoms with E-state index in [-0.39, 0.29) is 24.0 Å². The summed E-state index contributed by atoms with van der Waals surface area (Å²) in [6.07, 6.45) is 0. The molecule has 6 nitrogen and oxygen atoms in total. The standard InChI is InChI=1S/C13H18N2O4/c1-4-19-11-9(7-16)5-8(12(17)14-2)6-10(11)13(18)15-3/h5-6,16H,4,7H2,1-3H3,(H,14,17)(H,15,18). The monoisotopic (exact) mass is 266 g/mol. The number of hydrogen-bond acceptors (Lipinski definition) is 4. The van der Waals surface area contributed by atoms with Gasteiger partial charge in [-0.2, -0.15) is 0 Å². The maximum absolute atomic E-state index is 11.8. The fourth-order valence-corrected chi connectivity index (χ4v) is 1.70. The molecule has 1 rings (SSSR count). The van der Waals surface area contributed by atoms with Gasteiger partial charge in [-0.1, -0.05) is 0 Å². The highest BCUT2D eigenvalue weighted by atomic mass is 16.5. The van der Waals surface area contributed by atoms with Crippen LogP contribution in [0, 0.1) is 0 Å². The summed E-state index contributed by atoms with van der Waals surface area (Å²) in [4.78, 5) is 23.5. The van der Waals surface area contributed by atoms with E-state index >= 15 is 0 Å². The number of carbonyl (C=O) groups excluding carboxylic acids is 2. The van der Waals surface area contributed by atoms with E-state index in [1.54, 1.807) is 6.92 Å². The summed E-state index contributed by atoms with van der Waals surface area (Å²) in [7, 11) is 2.99. The fourth-order valence-electron chi connectivity index (χ4n) is 1.70. The van der Waals surface area contributed by atoms with Crippen molar-refractivity contribution >= 4 is 11.8 Å². The van der Waals surface area contributed by atoms with Gasteiger partial charge in [0.15, 0.2) is 0 Å². The zero-order valence-corrected chi connectivity index (χ0v) is 11.2. The molecule has 0 saturated heterocycles. The molecule has 0 heterocycles. The Morgan fingerprint density at radius 3 is 2.32 bits per heavy atom. The summed E-state index contributed by atoms with van der Waals surface area (Å²) in [5.74, 6) is -0.399. The van der Waals surface area contributed by atoms with Crippen LogP contribution in [0.1, 0.15) is 33.2 Å². The number of benzene rings is 1. The second kappa shape index (κ2) is 6.75. The first-order valence-electron chi connectivity index (χ1n) is 5.93. The number of rotatable bonds is 5. The van der Waals surface area contributed by atoms with Gasteiger partial charge in [0.05, 0.1) is 18.8 Å². The number of carbonyl (C=O) groups is 2. The third-order valence-electron chi connectivity index (χ3n) is 2.59. The molecule has 0 radical (unpaired) electrons. The van der Waals surface area contributed by atoms with Crippen LogP contribution in [0.2, 0.25) is 0 Å². The van der Waals surface area contributed by atoms with Gasteiger partial charge in [-0.15, -0.1) is 0 Å². The highest BCUT2D eigenvalue weighted by Crippen LogP contribution is 2.26. The summed E-state index contributed by atoms with van der Waals surface area (Å²) in [5.41, 5.74) is 0.935. The molecule has 0 spiro atoms. The second-order valence-corrected chi connectivity index (χ2v) is 3.76. The van der Waals surface area contributed by atoms with Crippen molar-refractivity contribution in [3.8, 4) is 5.75 Å². The third kappa shape index (κ3) is 3.23. The smallest absolute Gasteiger partial charge is 0.254 e. The summed E-state index contributed by atoms with van der Waals surface area (Å²) in [6, 6.07) is 2.96. The van der Waals surface area contributed by atoms with Gasteiger partial charge in [-0.3, -0.25) is 9.59 Å². The van der Waals surface area contributed by atoms with Crippen molar-refractivity contribution in [2.45, 2.75) is 13.5 Å². The van der Waals surface area contributed by atoms with E-state index in [4.69, 9.17) is 4.74 Å². The fraction of sp³-hybridized carbons (Fsp3) is 0.385. The zero-order valence-electron chi connectivity index (χ0n) is 11.2. The molecule has 0 unspecified atom stereocenters. The summed E-state index contributed by atoms with van der Waals surface area (Å²) >= 11 is 0. The molecule has 0 bridgehead atoms. The Morgan fingerprint density at radius 1 is 1.21 bits per heavy atom. The van der Waals surface area contributed by atoms with Gasteiger partial charge in [0.25, 0.3) is 11.8 Å². The van der Waals surface area contributed by atoms with Crippen molar-refractivity contribution < 1.29 is 19.4 Å². The highest BCUT2D eigenvalue weighted by molar-refractivity contribution is 6.02. The Bertz CT molecular complexity index is 486. The first-order valence-corrected chi connectivity index (χ1v) is 5.93. The van der Waals surface area contributed by atoms with Crippen LogP contribution in [0.15, 0.2) is 12.1 Å². The molecule has 1 aromatic carbocycles. The van der Waals surface area contributed by atoms with Crippen molar-refractivity contribution in [2.24, 2.45) is 0 Å². The summed E-state index contributed by atoms with van der Waals surface area (Å²) in [5, 5.41) is 14.3. The van der Waals surface area contributed by atoms with Crippen molar-refractivity contribution in [3.05, 3.63) is 28.8 Å². The molecule has 0 atom stereocenters. The Kier molecular flexibility index (Phi) is 5.32. The largest absolute Gasteiger partial charge is 0.493 e. The Labute approximate surface area is 111 Å². The topological polar surface area (TPSA) is 87.7 Å². The lowest BCUT2D eigenvalue weighted by Gasteiger charge is -2.15. The number of ether oxygens (including phenoxy) is 1. The minimum absolute atomic E-state index is 0.231. The SMILES string of the molecule is CCOc1c(CO)cc(C(=O)NC)cc1C(=O)NC. The molecule has 0 aliphatic heterocycles. The Morgan fingerprint density at radius 2 is 1.84 bits per heavy atom. The molecule has 0 fully saturated rings. The van der Waals surface area contributed by atoms with E-state index in [2.05, 4.69) is 10.6 Å². The molecule has 6 heteroatoms. The molecule has 3 N–H and O–H groups in total. The van der Waals surface area contributed by atoms with Crippen molar-refractivity contribution in [2.75, 3.05) is 20.7 Å². The molecular formula is C13H18N2O4. The highest BCUT2D eigenvalue weighted by Gasteiger charge is 2.19. The van der Waals surface area contributed by atoms with Crippen molar-refractivity contribution in [3.63, 3.8) is 0 Å². The first-order chi connectivity index (χ1) is 9.08. The van der Waals surface area contributed by atoms with E-state index in [1.165, 1.54) is 26.2 Å². The van der Waals surface area contributed by atoms with Gasteiger partial charge in [-0.05, 0) is 19.1 Å². The van der Waals surface area contributed by atoms with Gasteiger partial charge in [0, 0.05) is 25.2 Å². The predicted molar refractivity (Wildman–Crippen MR) is 70.3 cm³/mol. The van der Waals surface area contributed by atoms with Crippen molar-refractivity contribution in [1.29, 1.82) is 0 Å². The summed E-state index contributed by atoms with van der Waals surface area (Å²) < 4.78 is 5.40. The van der Waals surface area contributed by atoms with Crippen LogP contribution in [0.4, 0.5) is 0 Å². The van der Waals surface area contributed by atoms with Crippen LogP contribution in [0.3, 0.4) is 0 Å². The predicted octanol–water partition coefficient (Wildman–Crippen LogP) is 0.297. The molecule has 2 amide bonds. The quantitative estimate of drug-likeness (QED) is 0.715. The average Bonchev–Trinajstić information content (AvgIpc) is 2.45. The van der Waals surface area contributed by atoms with E-state index in [1.807, 2.05) is 0 Å². The Hall–Kier alpha value is -2.08. The minimum atomic E-state index is -0.371. The van der Waals surface area contributed by atoms with Gasteiger partial charge >= 0.3 is 0 Å². The lowest BCUT2D eigenvalue weighted by molar-refractivity contribution is 0.0959. The molecule has 0 aromatic heterocycles. The number of amides is 2. The van der Waals surface area contributed by atoms with Crippen LogP contribution < -0.4 is 15.4 Å². The third-order valence-corrected chi connectivity index (χ3v) is 2.59. The zero-order chi connectivity index (χ0) is 14.4. The minimum Gasteiger partial charge on any atom is -0.493 e. The normalized spacial score (nSPS) is 9.89. The number of nitrogens with one attached hydrogen (secondary N) is 2. The lowest BCUT2D eigenvalue weighted by Crippen LogP contribution is -2.23. The second-order valence-electron chi connectivity index (χ2n) is 3.76. The lowest BCUT2D eigenvalue weighted by atomic mass is 10.0. The molecule has 0 saturated carbocycles.